The molecule has 0 fully saturated rings. The molecule has 0 bridgehead atoms. The van der Waals surface area contributed by atoms with Crippen molar-refractivity contribution in [2.75, 3.05) is 6.54 Å². The average molecular weight is 420 g/mol. The lowest BCUT2D eigenvalue weighted by atomic mass is 10.00. The van der Waals surface area contributed by atoms with Crippen LogP contribution >= 0.6 is 22.9 Å². The first-order chi connectivity index (χ1) is 14.2. The van der Waals surface area contributed by atoms with Gasteiger partial charge in [0.25, 0.3) is 5.91 Å². The van der Waals surface area contributed by atoms with Gasteiger partial charge < -0.3 is 4.90 Å². The number of hydrogen-bond acceptors (Lipinski definition) is 3. The van der Waals surface area contributed by atoms with Gasteiger partial charge in [0.15, 0.2) is 0 Å². The fourth-order valence-corrected chi connectivity index (χ4v) is 4.50. The first-order valence-corrected chi connectivity index (χ1v) is 10.7. The Morgan fingerprint density at radius 2 is 1.79 bits per heavy atom. The Morgan fingerprint density at radius 1 is 1.00 bits per heavy atom. The zero-order chi connectivity index (χ0) is 19.8. The van der Waals surface area contributed by atoms with Gasteiger partial charge in [-0.25, -0.2) is 4.68 Å². The summed E-state index contributed by atoms with van der Waals surface area (Å²) in [7, 11) is 0. The summed E-state index contributed by atoms with van der Waals surface area (Å²) in [6.07, 6.45) is 0.870. The SMILES string of the molecule is O=C(c1cc(-c2cccs2)nn1-c1ccc(Cl)cc1)N1CCc2ccccc2C1. The number of fused-ring (bicyclic) bond motifs is 1. The fourth-order valence-electron chi connectivity index (χ4n) is 3.69. The van der Waals surface area contributed by atoms with Gasteiger partial charge in [-0.2, -0.15) is 5.10 Å². The second-order valence-corrected chi connectivity index (χ2v) is 8.41. The summed E-state index contributed by atoms with van der Waals surface area (Å²) in [6, 6.07) is 21.6. The smallest absolute Gasteiger partial charge is 0.272 e. The van der Waals surface area contributed by atoms with Gasteiger partial charge >= 0.3 is 0 Å². The van der Waals surface area contributed by atoms with E-state index in [2.05, 4.69) is 18.2 Å². The van der Waals surface area contributed by atoms with E-state index in [1.54, 1.807) is 16.0 Å². The number of rotatable bonds is 3. The second-order valence-electron chi connectivity index (χ2n) is 7.03. The van der Waals surface area contributed by atoms with Crippen molar-refractivity contribution < 1.29 is 4.79 Å². The summed E-state index contributed by atoms with van der Waals surface area (Å²) >= 11 is 7.67. The first kappa shape index (κ1) is 18.2. The lowest BCUT2D eigenvalue weighted by molar-refractivity contribution is 0.0725. The summed E-state index contributed by atoms with van der Waals surface area (Å²) < 4.78 is 1.73. The van der Waals surface area contributed by atoms with Gasteiger partial charge in [0.05, 0.1) is 10.6 Å². The van der Waals surface area contributed by atoms with Gasteiger partial charge in [-0.3, -0.25) is 4.79 Å². The normalized spacial score (nSPS) is 13.3. The molecule has 144 valence electrons. The maximum Gasteiger partial charge on any atom is 0.272 e. The molecule has 6 heteroatoms. The number of carbonyl (C=O) groups is 1. The number of nitrogens with zero attached hydrogens (tertiary/aromatic N) is 3. The molecule has 1 aliphatic heterocycles. The van der Waals surface area contributed by atoms with Crippen LogP contribution in [0.2, 0.25) is 5.02 Å². The summed E-state index contributed by atoms with van der Waals surface area (Å²) in [4.78, 5) is 16.4. The highest BCUT2D eigenvalue weighted by molar-refractivity contribution is 7.13. The van der Waals surface area contributed by atoms with Crippen molar-refractivity contribution in [3.8, 4) is 16.3 Å². The number of hydrogen-bond donors (Lipinski definition) is 0. The van der Waals surface area contributed by atoms with Crippen molar-refractivity contribution in [3.05, 3.63) is 94.0 Å². The van der Waals surface area contributed by atoms with Crippen molar-refractivity contribution in [2.24, 2.45) is 0 Å². The molecule has 1 amide bonds. The number of aromatic nitrogens is 2. The molecule has 0 atom stereocenters. The molecule has 0 aliphatic carbocycles. The van der Waals surface area contributed by atoms with E-state index in [0.717, 1.165) is 22.7 Å². The molecule has 2 aromatic heterocycles. The second kappa shape index (κ2) is 7.50. The van der Waals surface area contributed by atoms with E-state index in [0.29, 0.717) is 23.8 Å². The largest absolute Gasteiger partial charge is 0.333 e. The minimum Gasteiger partial charge on any atom is -0.333 e. The molecule has 0 N–H and O–H groups in total. The van der Waals surface area contributed by atoms with E-state index in [1.807, 2.05) is 58.8 Å². The number of benzene rings is 2. The Hall–Kier alpha value is -2.89. The quantitative estimate of drug-likeness (QED) is 0.442. The third-order valence-electron chi connectivity index (χ3n) is 5.19. The number of carbonyl (C=O) groups excluding carboxylic acids is 1. The molecule has 0 saturated carbocycles. The molecule has 1 aliphatic rings. The van der Waals surface area contributed by atoms with Crippen LogP contribution in [0.1, 0.15) is 21.6 Å². The molecule has 0 spiro atoms. The number of amides is 1. The lowest BCUT2D eigenvalue weighted by Gasteiger charge is -2.29. The Morgan fingerprint density at radius 3 is 2.55 bits per heavy atom. The Bertz CT molecular complexity index is 1170. The molecule has 4 aromatic rings. The summed E-state index contributed by atoms with van der Waals surface area (Å²) in [6.45, 7) is 1.32. The topological polar surface area (TPSA) is 38.1 Å². The predicted octanol–water partition coefficient (Wildman–Crippen LogP) is 5.45. The first-order valence-electron chi connectivity index (χ1n) is 9.45. The van der Waals surface area contributed by atoms with Crippen molar-refractivity contribution in [1.29, 1.82) is 0 Å². The highest BCUT2D eigenvalue weighted by atomic mass is 35.5. The van der Waals surface area contributed by atoms with Crippen molar-refractivity contribution >= 4 is 28.8 Å². The third kappa shape index (κ3) is 3.48. The van der Waals surface area contributed by atoms with Crippen LogP contribution in [0.4, 0.5) is 0 Å². The predicted molar refractivity (Wildman–Crippen MR) is 117 cm³/mol. The molecule has 5 rings (SSSR count). The summed E-state index contributed by atoms with van der Waals surface area (Å²) in [5.74, 6) is -0.00948. The van der Waals surface area contributed by atoms with Crippen LogP contribution in [0.15, 0.2) is 72.1 Å². The van der Waals surface area contributed by atoms with Gasteiger partial charge in [-0.15, -0.1) is 11.3 Å². The monoisotopic (exact) mass is 419 g/mol. The van der Waals surface area contributed by atoms with E-state index >= 15 is 0 Å². The molecule has 3 heterocycles. The Balaban J connectivity index is 1.54. The van der Waals surface area contributed by atoms with Crippen LogP contribution in [-0.4, -0.2) is 27.1 Å². The van der Waals surface area contributed by atoms with E-state index in [-0.39, 0.29) is 5.91 Å². The van der Waals surface area contributed by atoms with Crippen LogP contribution in [-0.2, 0) is 13.0 Å². The maximum absolute atomic E-state index is 13.5. The highest BCUT2D eigenvalue weighted by Crippen LogP contribution is 2.28. The van der Waals surface area contributed by atoms with E-state index in [1.165, 1.54) is 11.1 Å². The fraction of sp³-hybridized carbons (Fsp3) is 0.130. The average Bonchev–Trinajstić information content (AvgIpc) is 3.43. The van der Waals surface area contributed by atoms with Crippen LogP contribution < -0.4 is 0 Å². The molecule has 29 heavy (non-hydrogen) atoms. The van der Waals surface area contributed by atoms with Gasteiger partial charge in [0.2, 0.25) is 0 Å². The zero-order valence-electron chi connectivity index (χ0n) is 15.6. The molecular weight excluding hydrogens is 402 g/mol. The molecule has 4 nitrogen and oxygen atoms in total. The van der Waals surface area contributed by atoms with Gasteiger partial charge in [-0.1, -0.05) is 41.9 Å². The van der Waals surface area contributed by atoms with Gasteiger partial charge in [0, 0.05) is 18.1 Å². The van der Waals surface area contributed by atoms with Crippen molar-refractivity contribution in [1.82, 2.24) is 14.7 Å². The van der Waals surface area contributed by atoms with E-state index < -0.39 is 0 Å². The lowest BCUT2D eigenvalue weighted by Crippen LogP contribution is -2.37. The maximum atomic E-state index is 13.5. The summed E-state index contributed by atoms with van der Waals surface area (Å²) in [5, 5.41) is 7.42. The minimum atomic E-state index is -0.00948. The molecule has 2 aromatic carbocycles. The van der Waals surface area contributed by atoms with E-state index in [4.69, 9.17) is 16.7 Å². The Kier molecular flexibility index (Phi) is 4.70. The molecule has 0 radical (unpaired) electrons. The van der Waals surface area contributed by atoms with Crippen molar-refractivity contribution in [3.63, 3.8) is 0 Å². The summed E-state index contributed by atoms with van der Waals surface area (Å²) in [5.41, 5.74) is 4.72. The third-order valence-corrected chi connectivity index (χ3v) is 6.34. The van der Waals surface area contributed by atoms with Gasteiger partial charge in [0.1, 0.15) is 11.4 Å². The number of thiophene rings is 1. The standard InChI is InChI=1S/C23H18ClN3OS/c24-18-7-9-19(10-8-18)27-21(14-20(25-27)22-6-3-13-29-22)23(28)26-12-11-16-4-1-2-5-17(16)15-26/h1-10,13-14H,11-12,15H2. The van der Waals surface area contributed by atoms with Crippen molar-refractivity contribution in [2.45, 2.75) is 13.0 Å². The van der Waals surface area contributed by atoms with Crippen LogP contribution in [0.25, 0.3) is 16.3 Å². The van der Waals surface area contributed by atoms with Gasteiger partial charge in [-0.05, 0) is 59.3 Å². The Labute approximate surface area is 178 Å². The minimum absolute atomic E-state index is 0.00948. The number of halogens is 1. The zero-order valence-corrected chi connectivity index (χ0v) is 17.2. The van der Waals surface area contributed by atoms with Crippen LogP contribution in [0.3, 0.4) is 0 Å². The molecule has 0 unspecified atom stereocenters. The van der Waals surface area contributed by atoms with Crippen LogP contribution in [0, 0.1) is 0 Å². The molecular formula is C23H18ClN3OS. The van der Waals surface area contributed by atoms with E-state index in [9.17, 15) is 4.79 Å². The highest BCUT2D eigenvalue weighted by Gasteiger charge is 2.26. The molecule has 0 saturated heterocycles. The van der Waals surface area contributed by atoms with Crippen LogP contribution in [0.5, 0.6) is 0 Å².